The van der Waals surface area contributed by atoms with Crippen LogP contribution in [0.3, 0.4) is 0 Å². The highest BCUT2D eigenvalue weighted by Gasteiger charge is 2.21. The third-order valence-electron chi connectivity index (χ3n) is 5.16. The number of fused-ring (bicyclic) bond motifs is 1. The van der Waals surface area contributed by atoms with Crippen molar-refractivity contribution in [3.63, 3.8) is 0 Å². The van der Waals surface area contributed by atoms with Gasteiger partial charge in [0.15, 0.2) is 16.6 Å². The number of carbonyl (C=O) groups is 1. The number of hydrogen-bond donors (Lipinski definition) is 1. The van der Waals surface area contributed by atoms with Crippen molar-refractivity contribution in [3.05, 3.63) is 52.8 Å². The molecule has 4 heterocycles. The summed E-state index contributed by atoms with van der Waals surface area (Å²) in [6.07, 6.45) is 2.78. The van der Waals surface area contributed by atoms with E-state index in [1.54, 1.807) is 16.9 Å². The summed E-state index contributed by atoms with van der Waals surface area (Å²) in [5.41, 5.74) is 4.91. The van der Waals surface area contributed by atoms with E-state index in [0.29, 0.717) is 10.9 Å². The van der Waals surface area contributed by atoms with E-state index >= 15 is 0 Å². The smallest absolute Gasteiger partial charge is 0.279 e. The first-order valence-corrected chi connectivity index (χ1v) is 10.4. The van der Waals surface area contributed by atoms with Gasteiger partial charge in [0.05, 0.1) is 17.5 Å². The fourth-order valence-corrected chi connectivity index (χ4v) is 4.17. The van der Waals surface area contributed by atoms with Crippen molar-refractivity contribution in [1.29, 1.82) is 0 Å². The maximum absolute atomic E-state index is 12.6. The van der Waals surface area contributed by atoms with E-state index in [-0.39, 0.29) is 17.7 Å². The number of nitrogens with one attached hydrogen (secondary N) is 1. The number of anilines is 1. The van der Waals surface area contributed by atoms with Crippen molar-refractivity contribution in [2.75, 3.05) is 5.32 Å². The number of aromatic nitrogens is 4. The third-order valence-corrected chi connectivity index (χ3v) is 5.92. The number of nitrogens with zero attached hydrogens (tertiary/aromatic N) is 4. The van der Waals surface area contributed by atoms with E-state index in [1.165, 1.54) is 16.9 Å². The molecule has 8 nitrogen and oxygen atoms in total. The number of amides is 1. The Morgan fingerprint density at radius 3 is 3.00 bits per heavy atom. The predicted octanol–water partition coefficient (Wildman–Crippen LogP) is 4.08. The van der Waals surface area contributed by atoms with Crippen LogP contribution < -0.4 is 10.1 Å². The lowest BCUT2D eigenvalue weighted by Gasteiger charge is -2.02. The molecule has 1 aromatic carbocycles. The molecule has 9 heteroatoms. The van der Waals surface area contributed by atoms with Crippen molar-refractivity contribution in [3.8, 4) is 28.3 Å². The first kappa shape index (κ1) is 18.6. The molecule has 152 valence electrons. The minimum Gasteiger partial charge on any atom is -0.490 e. The van der Waals surface area contributed by atoms with Gasteiger partial charge in [0.1, 0.15) is 11.9 Å². The third kappa shape index (κ3) is 3.26. The Bertz CT molecular complexity index is 1260. The molecule has 1 atom stereocenters. The van der Waals surface area contributed by atoms with E-state index in [0.717, 1.165) is 34.7 Å². The molecule has 30 heavy (non-hydrogen) atoms. The topological polar surface area (TPSA) is 95.1 Å². The number of hydrogen-bond acceptors (Lipinski definition) is 7. The molecule has 1 aliphatic heterocycles. The molecular weight excluding hydrogens is 402 g/mol. The number of aryl methyl sites for hydroxylation is 1. The Hall–Kier alpha value is -3.46. The number of ether oxygens (including phenoxy) is 1. The summed E-state index contributed by atoms with van der Waals surface area (Å²) >= 11 is 1.36. The number of benzene rings is 1. The van der Waals surface area contributed by atoms with Crippen molar-refractivity contribution >= 4 is 22.4 Å². The van der Waals surface area contributed by atoms with Crippen LogP contribution >= 0.6 is 11.3 Å². The first-order valence-electron chi connectivity index (χ1n) is 9.50. The Morgan fingerprint density at radius 1 is 1.33 bits per heavy atom. The lowest BCUT2D eigenvalue weighted by Crippen LogP contribution is -2.11. The fraction of sp³-hybridized carbons (Fsp3) is 0.238. The van der Waals surface area contributed by atoms with E-state index in [1.807, 2.05) is 31.5 Å². The summed E-state index contributed by atoms with van der Waals surface area (Å²) in [6.45, 7) is 3.98. The summed E-state index contributed by atoms with van der Waals surface area (Å²) in [4.78, 5) is 17.1. The lowest BCUT2D eigenvalue weighted by atomic mass is 10.1. The van der Waals surface area contributed by atoms with Gasteiger partial charge in [-0.2, -0.15) is 5.10 Å². The van der Waals surface area contributed by atoms with Crippen molar-refractivity contribution < 1.29 is 14.1 Å². The van der Waals surface area contributed by atoms with Crippen LogP contribution in [-0.2, 0) is 13.5 Å². The predicted molar refractivity (Wildman–Crippen MR) is 113 cm³/mol. The second kappa shape index (κ2) is 7.10. The molecule has 0 spiro atoms. The standard InChI is InChI=1S/C21H19N5O3S/c1-11-6-14-7-13(4-5-18(14)28-11)17-10-30-21(23-17)24-20(27)16-8-19(29-25-16)15-9-22-26(3)12(15)2/h4-5,7-11H,6H2,1-3H3,(H,23,24,27)/t11-/m1/s1. The van der Waals surface area contributed by atoms with Gasteiger partial charge in [-0.15, -0.1) is 11.3 Å². The molecule has 0 unspecified atom stereocenters. The Labute approximate surface area is 176 Å². The molecule has 1 aliphatic rings. The van der Waals surface area contributed by atoms with Crippen LogP contribution in [0.25, 0.3) is 22.6 Å². The monoisotopic (exact) mass is 421 g/mol. The number of thiazole rings is 1. The van der Waals surface area contributed by atoms with Gasteiger partial charge in [-0.3, -0.25) is 14.8 Å². The number of rotatable bonds is 4. The molecule has 4 aromatic rings. The summed E-state index contributed by atoms with van der Waals surface area (Å²) in [6, 6.07) is 7.66. The first-order chi connectivity index (χ1) is 14.5. The fourth-order valence-electron chi connectivity index (χ4n) is 3.46. The largest absolute Gasteiger partial charge is 0.490 e. The summed E-state index contributed by atoms with van der Waals surface area (Å²) < 4.78 is 12.8. The Morgan fingerprint density at radius 2 is 2.20 bits per heavy atom. The van der Waals surface area contributed by atoms with Gasteiger partial charge >= 0.3 is 0 Å². The normalized spacial score (nSPS) is 15.1. The second-order valence-electron chi connectivity index (χ2n) is 7.29. The molecule has 3 aromatic heterocycles. The maximum atomic E-state index is 12.6. The van der Waals surface area contributed by atoms with Gasteiger partial charge in [0.25, 0.3) is 5.91 Å². The zero-order chi connectivity index (χ0) is 20.8. The highest BCUT2D eigenvalue weighted by Crippen LogP contribution is 2.34. The van der Waals surface area contributed by atoms with Crippen LogP contribution in [0, 0.1) is 6.92 Å². The molecule has 0 saturated carbocycles. The average molecular weight is 421 g/mol. The molecule has 0 bridgehead atoms. The molecule has 0 radical (unpaired) electrons. The van der Waals surface area contributed by atoms with Gasteiger partial charge in [-0.1, -0.05) is 5.16 Å². The minimum atomic E-state index is -0.372. The van der Waals surface area contributed by atoms with Crippen LogP contribution in [-0.4, -0.2) is 31.9 Å². The molecule has 5 rings (SSSR count). The Balaban J connectivity index is 1.32. The molecule has 0 aliphatic carbocycles. The van der Waals surface area contributed by atoms with Gasteiger partial charge in [-0.05, 0) is 37.6 Å². The van der Waals surface area contributed by atoms with E-state index in [4.69, 9.17) is 9.26 Å². The molecular formula is C21H19N5O3S. The summed E-state index contributed by atoms with van der Waals surface area (Å²) in [7, 11) is 1.84. The van der Waals surface area contributed by atoms with Gasteiger partial charge in [-0.25, -0.2) is 4.98 Å². The van der Waals surface area contributed by atoms with Crippen LogP contribution in [0.15, 0.2) is 40.4 Å². The summed E-state index contributed by atoms with van der Waals surface area (Å²) in [5, 5.41) is 13.3. The van der Waals surface area contributed by atoms with Crippen molar-refractivity contribution in [2.24, 2.45) is 7.05 Å². The zero-order valence-electron chi connectivity index (χ0n) is 16.7. The van der Waals surface area contributed by atoms with E-state index in [9.17, 15) is 4.79 Å². The van der Waals surface area contributed by atoms with Gasteiger partial charge < -0.3 is 9.26 Å². The molecule has 0 fully saturated rings. The Kier molecular flexibility index (Phi) is 4.39. The highest BCUT2D eigenvalue weighted by molar-refractivity contribution is 7.14. The van der Waals surface area contributed by atoms with Crippen LogP contribution in [0.1, 0.15) is 28.7 Å². The molecule has 1 amide bonds. The maximum Gasteiger partial charge on any atom is 0.279 e. The SMILES string of the molecule is Cc1c(-c2cc(C(=O)Nc3nc(-c4ccc5c(c4)C[C@@H](C)O5)cs3)no2)cnn1C. The highest BCUT2D eigenvalue weighted by atomic mass is 32.1. The molecule has 1 N–H and O–H groups in total. The number of carbonyl (C=O) groups excluding carboxylic acids is 1. The summed E-state index contributed by atoms with van der Waals surface area (Å²) in [5.74, 6) is 1.06. The second-order valence-corrected chi connectivity index (χ2v) is 8.15. The van der Waals surface area contributed by atoms with Gasteiger partial charge in [0.2, 0.25) is 0 Å². The van der Waals surface area contributed by atoms with E-state index < -0.39 is 0 Å². The van der Waals surface area contributed by atoms with Gasteiger partial charge in [0, 0.05) is 36.2 Å². The molecule has 0 saturated heterocycles. The van der Waals surface area contributed by atoms with Crippen LogP contribution in [0.5, 0.6) is 5.75 Å². The van der Waals surface area contributed by atoms with Crippen LogP contribution in [0.4, 0.5) is 5.13 Å². The van der Waals surface area contributed by atoms with E-state index in [2.05, 4.69) is 33.5 Å². The van der Waals surface area contributed by atoms with Crippen LogP contribution in [0.2, 0.25) is 0 Å². The van der Waals surface area contributed by atoms with Crippen molar-refractivity contribution in [1.82, 2.24) is 19.9 Å². The zero-order valence-corrected chi connectivity index (χ0v) is 17.5. The minimum absolute atomic E-state index is 0.189. The van der Waals surface area contributed by atoms with Crippen molar-refractivity contribution in [2.45, 2.75) is 26.4 Å². The lowest BCUT2D eigenvalue weighted by molar-refractivity contribution is 0.101. The average Bonchev–Trinajstić information content (AvgIpc) is 3.49. The quantitative estimate of drug-likeness (QED) is 0.533.